The lowest BCUT2D eigenvalue weighted by molar-refractivity contribution is -0.121. The molecule has 5 heteroatoms. The fourth-order valence-electron chi connectivity index (χ4n) is 2.21. The highest BCUT2D eigenvalue weighted by Crippen LogP contribution is 2.22. The van der Waals surface area contributed by atoms with E-state index in [-0.39, 0.29) is 18.2 Å². The van der Waals surface area contributed by atoms with E-state index in [1.807, 2.05) is 19.4 Å². The number of nitrogens with two attached hydrogens (primary N) is 1. The largest absolute Gasteiger partial charge is 0.368 e. The van der Waals surface area contributed by atoms with Crippen LogP contribution in [0.1, 0.15) is 12.8 Å². The van der Waals surface area contributed by atoms with Gasteiger partial charge in [0.1, 0.15) is 0 Å². The molecule has 1 saturated heterocycles. The van der Waals surface area contributed by atoms with E-state index in [4.69, 9.17) is 5.73 Å². The van der Waals surface area contributed by atoms with Gasteiger partial charge >= 0.3 is 0 Å². The van der Waals surface area contributed by atoms with Crippen molar-refractivity contribution in [1.29, 1.82) is 0 Å². The first-order chi connectivity index (χ1) is 7.70. The summed E-state index contributed by atoms with van der Waals surface area (Å²) in [7, 11) is 1.90. The summed E-state index contributed by atoms with van der Waals surface area (Å²) in [6, 6.07) is 0. The molecule has 2 heterocycles. The normalized spacial score (nSPS) is 21.1. The molecule has 0 aromatic carbocycles. The maximum Gasteiger partial charge on any atom is 0.151 e. The maximum absolute atomic E-state index is 11.6. The summed E-state index contributed by atoms with van der Waals surface area (Å²) in [6.07, 6.45) is 5.84. The molecule has 2 rings (SSSR count). The molecule has 88 valence electrons. The van der Waals surface area contributed by atoms with Crippen molar-refractivity contribution in [2.24, 2.45) is 18.7 Å². The highest BCUT2D eigenvalue weighted by atomic mass is 16.1. The molecule has 0 aliphatic carbocycles. The first kappa shape index (κ1) is 11.1. The molecule has 0 radical (unpaired) electrons. The van der Waals surface area contributed by atoms with Crippen molar-refractivity contribution < 1.29 is 4.79 Å². The Balaban J connectivity index is 2.04. The Kier molecular flexibility index (Phi) is 3.24. The monoisotopic (exact) mass is 222 g/mol. The summed E-state index contributed by atoms with van der Waals surface area (Å²) in [5.41, 5.74) is 6.50. The van der Waals surface area contributed by atoms with Crippen molar-refractivity contribution in [3.8, 4) is 0 Å². The number of piperidine rings is 1. The number of carbonyl (C=O) groups excluding carboxylic acids is 1. The first-order valence-electron chi connectivity index (χ1n) is 5.67. The topological polar surface area (TPSA) is 64.2 Å². The van der Waals surface area contributed by atoms with Gasteiger partial charge in [-0.1, -0.05) is 0 Å². The van der Waals surface area contributed by atoms with Gasteiger partial charge in [0.2, 0.25) is 0 Å². The summed E-state index contributed by atoms with van der Waals surface area (Å²) >= 11 is 0. The molecule has 0 spiro atoms. The van der Waals surface area contributed by atoms with E-state index >= 15 is 0 Å². The van der Waals surface area contributed by atoms with Gasteiger partial charge in [0.15, 0.2) is 5.78 Å². The van der Waals surface area contributed by atoms with Crippen molar-refractivity contribution in [1.82, 2.24) is 9.78 Å². The van der Waals surface area contributed by atoms with Crippen LogP contribution in [0.2, 0.25) is 0 Å². The number of aryl methyl sites for hydroxylation is 1. The molecule has 0 bridgehead atoms. The predicted octanol–water partition coefficient (Wildman–Crippen LogP) is 0.164. The van der Waals surface area contributed by atoms with Gasteiger partial charge in [0.25, 0.3) is 0 Å². The molecular weight excluding hydrogens is 204 g/mol. The van der Waals surface area contributed by atoms with Gasteiger partial charge in [-0.3, -0.25) is 9.48 Å². The van der Waals surface area contributed by atoms with E-state index in [9.17, 15) is 4.79 Å². The number of carbonyl (C=O) groups is 1. The number of aromatic nitrogens is 2. The molecule has 1 aliphatic heterocycles. The molecule has 1 aromatic rings. The molecule has 1 unspecified atom stereocenters. The highest BCUT2D eigenvalue weighted by molar-refractivity contribution is 5.83. The van der Waals surface area contributed by atoms with Crippen LogP contribution in [0.15, 0.2) is 12.4 Å². The Labute approximate surface area is 95.2 Å². The Morgan fingerprint density at radius 2 is 2.50 bits per heavy atom. The molecule has 1 aromatic heterocycles. The number of rotatable bonds is 3. The second kappa shape index (κ2) is 4.65. The van der Waals surface area contributed by atoms with E-state index in [0.29, 0.717) is 0 Å². The molecule has 0 saturated carbocycles. The third-order valence-corrected chi connectivity index (χ3v) is 3.13. The molecule has 1 atom stereocenters. The summed E-state index contributed by atoms with van der Waals surface area (Å²) in [4.78, 5) is 13.8. The van der Waals surface area contributed by atoms with Gasteiger partial charge < -0.3 is 10.6 Å². The van der Waals surface area contributed by atoms with Crippen LogP contribution in [0.3, 0.4) is 0 Å². The van der Waals surface area contributed by atoms with Crippen molar-refractivity contribution in [2.45, 2.75) is 12.8 Å². The number of Topliss-reactive ketones (excluding diaryl/α,β-unsaturated/α-hetero) is 1. The average molecular weight is 222 g/mol. The van der Waals surface area contributed by atoms with Crippen molar-refractivity contribution in [3.05, 3.63) is 12.4 Å². The van der Waals surface area contributed by atoms with Crippen molar-refractivity contribution in [2.75, 3.05) is 24.5 Å². The fraction of sp³-hybridized carbons (Fsp3) is 0.636. The predicted molar refractivity (Wildman–Crippen MR) is 62.2 cm³/mol. The third-order valence-electron chi connectivity index (χ3n) is 3.13. The number of nitrogens with zero attached hydrogens (tertiary/aromatic N) is 3. The Hall–Kier alpha value is -1.36. The lowest BCUT2D eigenvalue weighted by Crippen LogP contribution is -2.40. The quantitative estimate of drug-likeness (QED) is 0.791. The Morgan fingerprint density at radius 1 is 1.69 bits per heavy atom. The van der Waals surface area contributed by atoms with Crippen LogP contribution in [-0.4, -0.2) is 35.2 Å². The maximum atomic E-state index is 11.6. The SMILES string of the molecule is Cn1cc(N2CCCC(C(=O)CN)C2)cn1. The Bertz CT molecular complexity index is 374. The average Bonchev–Trinajstić information content (AvgIpc) is 2.75. The van der Waals surface area contributed by atoms with Gasteiger partial charge in [0, 0.05) is 32.3 Å². The van der Waals surface area contributed by atoms with Crippen LogP contribution in [-0.2, 0) is 11.8 Å². The summed E-state index contributed by atoms with van der Waals surface area (Å²) < 4.78 is 1.78. The zero-order valence-electron chi connectivity index (χ0n) is 9.59. The number of hydrogen-bond donors (Lipinski definition) is 1. The molecular formula is C11H18N4O. The van der Waals surface area contributed by atoms with E-state index in [1.165, 1.54) is 0 Å². The first-order valence-corrected chi connectivity index (χ1v) is 5.67. The van der Waals surface area contributed by atoms with E-state index in [1.54, 1.807) is 4.68 Å². The highest BCUT2D eigenvalue weighted by Gasteiger charge is 2.25. The minimum atomic E-state index is 0.0963. The summed E-state index contributed by atoms with van der Waals surface area (Å²) in [5, 5.41) is 4.15. The molecule has 0 amide bonds. The third kappa shape index (κ3) is 2.24. The van der Waals surface area contributed by atoms with E-state index < -0.39 is 0 Å². The van der Waals surface area contributed by atoms with Crippen LogP contribution in [0, 0.1) is 5.92 Å². The van der Waals surface area contributed by atoms with E-state index in [2.05, 4.69) is 10.00 Å². The van der Waals surface area contributed by atoms with Crippen LogP contribution in [0.25, 0.3) is 0 Å². The second-order valence-electron chi connectivity index (χ2n) is 4.33. The van der Waals surface area contributed by atoms with Crippen LogP contribution < -0.4 is 10.6 Å². The van der Waals surface area contributed by atoms with Gasteiger partial charge in [-0.05, 0) is 12.8 Å². The van der Waals surface area contributed by atoms with Crippen molar-refractivity contribution in [3.63, 3.8) is 0 Å². The van der Waals surface area contributed by atoms with E-state index in [0.717, 1.165) is 31.6 Å². The molecule has 2 N–H and O–H groups in total. The van der Waals surface area contributed by atoms with Crippen LogP contribution in [0.4, 0.5) is 5.69 Å². The summed E-state index contributed by atoms with van der Waals surface area (Å²) in [6.45, 7) is 1.94. The van der Waals surface area contributed by atoms with Crippen LogP contribution >= 0.6 is 0 Å². The van der Waals surface area contributed by atoms with Gasteiger partial charge in [0.05, 0.1) is 18.4 Å². The second-order valence-corrected chi connectivity index (χ2v) is 4.33. The number of hydrogen-bond acceptors (Lipinski definition) is 4. The van der Waals surface area contributed by atoms with Gasteiger partial charge in [-0.15, -0.1) is 0 Å². The molecule has 1 fully saturated rings. The smallest absolute Gasteiger partial charge is 0.151 e. The van der Waals surface area contributed by atoms with Crippen molar-refractivity contribution >= 4 is 11.5 Å². The minimum Gasteiger partial charge on any atom is -0.368 e. The zero-order valence-corrected chi connectivity index (χ0v) is 9.59. The summed E-state index contributed by atoms with van der Waals surface area (Å²) in [5.74, 6) is 0.271. The molecule has 5 nitrogen and oxygen atoms in total. The number of anilines is 1. The fourth-order valence-corrected chi connectivity index (χ4v) is 2.21. The molecule has 16 heavy (non-hydrogen) atoms. The minimum absolute atomic E-state index is 0.0963. The zero-order chi connectivity index (χ0) is 11.5. The standard InChI is InChI=1S/C11H18N4O/c1-14-8-10(6-13-14)15-4-2-3-9(7-15)11(16)5-12/h6,8-9H,2-5,7,12H2,1H3. The lowest BCUT2D eigenvalue weighted by Gasteiger charge is -2.32. The Morgan fingerprint density at radius 3 is 3.12 bits per heavy atom. The number of ketones is 1. The molecule has 1 aliphatic rings. The van der Waals surface area contributed by atoms with Gasteiger partial charge in [-0.2, -0.15) is 5.10 Å². The van der Waals surface area contributed by atoms with Crippen LogP contribution in [0.5, 0.6) is 0 Å². The lowest BCUT2D eigenvalue weighted by atomic mass is 9.93. The van der Waals surface area contributed by atoms with Gasteiger partial charge in [-0.25, -0.2) is 0 Å².